The number of hydrogen-bond donors (Lipinski definition) is 2. The number of nitrogens with two attached hydrogens (primary N) is 1. The van der Waals surface area contributed by atoms with E-state index in [9.17, 15) is 0 Å². The minimum Gasteiger partial charge on any atom is -0.495 e. The zero-order valence-corrected chi connectivity index (χ0v) is 10.6. The number of para-hydroxylation sites is 1. The molecular formula is C12H17N5O. The maximum absolute atomic E-state index is 5.97. The number of nitrogen functional groups attached to an aromatic ring is 1. The second kappa shape index (κ2) is 5.39. The number of benzene rings is 1. The number of aromatic nitrogens is 3. The SMILES string of the molecule is CCn1cnnc1CNc1cccc(OC)c1N. The van der Waals surface area contributed by atoms with Gasteiger partial charge in [-0.25, -0.2) is 0 Å². The second-order valence-corrected chi connectivity index (χ2v) is 3.81. The van der Waals surface area contributed by atoms with Crippen LogP contribution in [0.3, 0.4) is 0 Å². The van der Waals surface area contributed by atoms with Crippen LogP contribution in [0, 0.1) is 0 Å². The summed E-state index contributed by atoms with van der Waals surface area (Å²) in [5.74, 6) is 1.54. The molecule has 0 saturated carbocycles. The molecule has 0 aliphatic heterocycles. The lowest BCUT2D eigenvalue weighted by Crippen LogP contribution is -2.09. The fourth-order valence-corrected chi connectivity index (χ4v) is 1.73. The van der Waals surface area contributed by atoms with Gasteiger partial charge < -0.3 is 20.4 Å². The Morgan fingerprint density at radius 2 is 2.28 bits per heavy atom. The maximum Gasteiger partial charge on any atom is 0.152 e. The third-order valence-corrected chi connectivity index (χ3v) is 2.76. The fraction of sp³-hybridized carbons (Fsp3) is 0.333. The van der Waals surface area contributed by atoms with E-state index < -0.39 is 0 Å². The summed E-state index contributed by atoms with van der Waals surface area (Å²) in [6, 6.07) is 5.63. The summed E-state index contributed by atoms with van der Waals surface area (Å²) in [6.45, 7) is 3.47. The van der Waals surface area contributed by atoms with E-state index in [1.807, 2.05) is 29.7 Å². The Morgan fingerprint density at radius 3 is 3.00 bits per heavy atom. The molecule has 1 aromatic heterocycles. The first kappa shape index (κ1) is 12.2. The van der Waals surface area contributed by atoms with Crippen LogP contribution in [0.1, 0.15) is 12.7 Å². The van der Waals surface area contributed by atoms with E-state index in [0.29, 0.717) is 18.0 Å². The van der Waals surface area contributed by atoms with E-state index in [0.717, 1.165) is 18.1 Å². The number of nitrogens with zero attached hydrogens (tertiary/aromatic N) is 3. The Balaban J connectivity index is 2.11. The van der Waals surface area contributed by atoms with Gasteiger partial charge in [-0.15, -0.1) is 10.2 Å². The van der Waals surface area contributed by atoms with E-state index >= 15 is 0 Å². The lowest BCUT2D eigenvalue weighted by molar-refractivity contribution is 0.417. The van der Waals surface area contributed by atoms with Crippen molar-refractivity contribution in [3.63, 3.8) is 0 Å². The van der Waals surface area contributed by atoms with Crippen molar-refractivity contribution in [2.75, 3.05) is 18.2 Å². The van der Waals surface area contributed by atoms with Crippen molar-refractivity contribution >= 4 is 11.4 Å². The van der Waals surface area contributed by atoms with Crippen LogP contribution in [0.2, 0.25) is 0 Å². The monoisotopic (exact) mass is 247 g/mol. The molecule has 3 N–H and O–H groups in total. The highest BCUT2D eigenvalue weighted by Gasteiger charge is 2.06. The first-order valence-corrected chi connectivity index (χ1v) is 5.79. The molecule has 0 saturated heterocycles. The van der Waals surface area contributed by atoms with Crippen LogP contribution in [0.4, 0.5) is 11.4 Å². The highest BCUT2D eigenvalue weighted by atomic mass is 16.5. The Bertz CT molecular complexity index is 523. The van der Waals surface area contributed by atoms with E-state index in [-0.39, 0.29) is 0 Å². The summed E-state index contributed by atoms with van der Waals surface area (Å²) in [4.78, 5) is 0. The van der Waals surface area contributed by atoms with Crippen molar-refractivity contribution in [3.05, 3.63) is 30.4 Å². The van der Waals surface area contributed by atoms with Crippen LogP contribution in [-0.4, -0.2) is 21.9 Å². The number of hydrogen-bond acceptors (Lipinski definition) is 5. The molecule has 1 heterocycles. The number of aryl methyl sites for hydroxylation is 1. The van der Waals surface area contributed by atoms with Crippen molar-refractivity contribution in [3.8, 4) is 5.75 Å². The highest BCUT2D eigenvalue weighted by molar-refractivity contribution is 5.72. The Kier molecular flexibility index (Phi) is 3.66. The third kappa shape index (κ3) is 2.37. The van der Waals surface area contributed by atoms with Crippen molar-refractivity contribution in [2.45, 2.75) is 20.0 Å². The van der Waals surface area contributed by atoms with Gasteiger partial charge in [0.2, 0.25) is 0 Å². The maximum atomic E-state index is 5.97. The Morgan fingerprint density at radius 1 is 1.44 bits per heavy atom. The molecule has 1 aromatic carbocycles. The highest BCUT2D eigenvalue weighted by Crippen LogP contribution is 2.29. The lowest BCUT2D eigenvalue weighted by Gasteiger charge is -2.12. The molecule has 0 bridgehead atoms. The van der Waals surface area contributed by atoms with Crippen LogP contribution >= 0.6 is 0 Å². The Labute approximate surface area is 106 Å². The average Bonchev–Trinajstić information content (AvgIpc) is 2.85. The number of nitrogens with one attached hydrogen (secondary N) is 1. The molecule has 2 aromatic rings. The molecule has 0 radical (unpaired) electrons. The number of anilines is 2. The second-order valence-electron chi connectivity index (χ2n) is 3.81. The van der Waals surface area contributed by atoms with E-state index in [4.69, 9.17) is 10.5 Å². The van der Waals surface area contributed by atoms with Crippen molar-refractivity contribution in [1.29, 1.82) is 0 Å². The standard InChI is InChI=1S/C12H17N5O/c1-3-17-8-15-16-11(17)7-14-9-5-4-6-10(18-2)12(9)13/h4-6,8,14H,3,7,13H2,1-2H3. The molecule has 0 atom stereocenters. The van der Waals surface area contributed by atoms with E-state index in [1.165, 1.54) is 0 Å². The minimum absolute atomic E-state index is 0.575. The van der Waals surface area contributed by atoms with E-state index in [1.54, 1.807) is 13.4 Å². The minimum atomic E-state index is 0.575. The molecule has 96 valence electrons. The van der Waals surface area contributed by atoms with Crippen LogP contribution in [0.5, 0.6) is 5.75 Å². The first-order valence-electron chi connectivity index (χ1n) is 5.79. The van der Waals surface area contributed by atoms with Crippen LogP contribution in [0.25, 0.3) is 0 Å². The van der Waals surface area contributed by atoms with Crippen LogP contribution in [0.15, 0.2) is 24.5 Å². The fourth-order valence-electron chi connectivity index (χ4n) is 1.73. The van der Waals surface area contributed by atoms with Gasteiger partial charge in [0.1, 0.15) is 12.1 Å². The smallest absolute Gasteiger partial charge is 0.152 e. The molecule has 0 fully saturated rings. The summed E-state index contributed by atoms with van der Waals surface area (Å²) in [5.41, 5.74) is 7.41. The average molecular weight is 247 g/mol. The lowest BCUT2D eigenvalue weighted by atomic mass is 10.2. The molecule has 6 nitrogen and oxygen atoms in total. The van der Waals surface area contributed by atoms with Gasteiger partial charge in [0.05, 0.1) is 25.0 Å². The predicted molar refractivity (Wildman–Crippen MR) is 70.4 cm³/mol. The summed E-state index contributed by atoms with van der Waals surface area (Å²) < 4.78 is 7.14. The number of ether oxygens (including phenoxy) is 1. The number of methoxy groups -OCH3 is 1. The third-order valence-electron chi connectivity index (χ3n) is 2.76. The zero-order chi connectivity index (χ0) is 13.0. The van der Waals surface area contributed by atoms with Gasteiger partial charge in [-0.3, -0.25) is 0 Å². The first-order chi connectivity index (χ1) is 8.76. The van der Waals surface area contributed by atoms with Gasteiger partial charge in [0.25, 0.3) is 0 Å². The summed E-state index contributed by atoms with van der Waals surface area (Å²) in [5, 5.41) is 11.2. The molecule has 0 aliphatic rings. The van der Waals surface area contributed by atoms with Gasteiger partial charge in [-0.05, 0) is 19.1 Å². The largest absolute Gasteiger partial charge is 0.495 e. The molecule has 2 rings (SSSR count). The molecule has 6 heteroatoms. The molecule has 0 amide bonds. The van der Waals surface area contributed by atoms with Gasteiger partial charge in [-0.1, -0.05) is 6.07 Å². The Hall–Kier alpha value is -2.24. The normalized spacial score (nSPS) is 10.3. The van der Waals surface area contributed by atoms with Gasteiger partial charge in [0, 0.05) is 6.54 Å². The summed E-state index contributed by atoms with van der Waals surface area (Å²) in [7, 11) is 1.60. The van der Waals surface area contributed by atoms with Crippen molar-refractivity contribution in [2.24, 2.45) is 0 Å². The summed E-state index contributed by atoms with van der Waals surface area (Å²) >= 11 is 0. The number of rotatable bonds is 5. The molecule has 0 spiro atoms. The molecule has 0 unspecified atom stereocenters. The van der Waals surface area contributed by atoms with Gasteiger partial charge in [0.15, 0.2) is 5.82 Å². The van der Waals surface area contributed by atoms with Crippen molar-refractivity contribution < 1.29 is 4.74 Å². The zero-order valence-electron chi connectivity index (χ0n) is 10.6. The van der Waals surface area contributed by atoms with Gasteiger partial charge >= 0.3 is 0 Å². The summed E-state index contributed by atoms with van der Waals surface area (Å²) in [6.07, 6.45) is 1.71. The van der Waals surface area contributed by atoms with E-state index in [2.05, 4.69) is 15.5 Å². The molecule has 18 heavy (non-hydrogen) atoms. The van der Waals surface area contributed by atoms with Gasteiger partial charge in [-0.2, -0.15) is 0 Å². The van der Waals surface area contributed by atoms with Crippen LogP contribution < -0.4 is 15.8 Å². The molecular weight excluding hydrogens is 230 g/mol. The van der Waals surface area contributed by atoms with Crippen molar-refractivity contribution in [1.82, 2.24) is 14.8 Å². The quantitative estimate of drug-likeness (QED) is 0.783. The molecule has 0 aliphatic carbocycles. The topological polar surface area (TPSA) is 78.0 Å². The predicted octanol–water partition coefficient (Wildman–Crippen LogP) is 1.50. The van der Waals surface area contributed by atoms with Crippen LogP contribution in [-0.2, 0) is 13.1 Å².